The average Bonchev–Trinajstić information content (AvgIpc) is 2.30. The Morgan fingerprint density at radius 3 is 2.94 bits per heavy atom. The molecule has 1 saturated heterocycles. The van der Waals surface area contributed by atoms with Gasteiger partial charge in [-0.15, -0.1) is 0 Å². The fourth-order valence-corrected chi connectivity index (χ4v) is 2.20. The summed E-state index contributed by atoms with van der Waals surface area (Å²) in [6.45, 7) is 7.45. The van der Waals surface area contributed by atoms with E-state index >= 15 is 0 Å². The first-order valence-electron chi connectivity index (χ1n) is 6.83. The Kier molecular flexibility index (Phi) is 7.81. The topological polar surface area (TPSA) is 24.5 Å². The third-order valence-corrected chi connectivity index (χ3v) is 3.37. The van der Waals surface area contributed by atoms with Crippen molar-refractivity contribution in [2.75, 3.05) is 39.9 Å². The Morgan fingerprint density at radius 2 is 2.19 bits per heavy atom. The molecule has 1 fully saturated rings. The van der Waals surface area contributed by atoms with Gasteiger partial charge in [0.05, 0.1) is 6.61 Å². The highest BCUT2D eigenvalue weighted by molar-refractivity contribution is 4.73. The molecule has 0 saturated carbocycles. The van der Waals surface area contributed by atoms with Crippen molar-refractivity contribution < 1.29 is 4.74 Å². The second-order valence-corrected chi connectivity index (χ2v) is 4.77. The summed E-state index contributed by atoms with van der Waals surface area (Å²) in [6, 6.07) is 0.669. The van der Waals surface area contributed by atoms with E-state index in [1.807, 2.05) is 0 Å². The van der Waals surface area contributed by atoms with Crippen LogP contribution >= 0.6 is 0 Å². The zero-order valence-electron chi connectivity index (χ0n) is 11.0. The normalized spacial score (nSPS) is 22.5. The highest BCUT2D eigenvalue weighted by Crippen LogP contribution is 2.14. The van der Waals surface area contributed by atoms with E-state index in [0.717, 1.165) is 26.3 Å². The van der Waals surface area contributed by atoms with Crippen LogP contribution in [-0.4, -0.2) is 50.8 Å². The van der Waals surface area contributed by atoms with Crippen LogP contribution in [-0.2, 0) is 4.74 Å². The highest BCUT2D eigenvalue weighted by atomic mass is 16.5. The van der Waals surface area contributed by atoms with Crippen molar-refractivity contribution in [3.63, 3.8) is 0 Å². The van der Waals surface area contributed by atoms with Gasteiger partial charge in [-0.05, 0) is 52.4 Å². The Labute approximate surface area is 101 Å². The Bertz CT molecular complexity index is 164. The van der Waals surface area contributed by atoms with Gasteiger partial charge in [-0.3, -0.25) is 0 Å². The molecular weight excluding hydrogens is 200 g/mol. The van der Waals surface area contributed by atoms with E-state index in [2.05, 4.69) is 24.2 Å². The van der Waals surface area contributed by atoms with Crippen LogP contribution in [0.1, 0.15) is 39.0 Å². The fourth-order valence-electron chi connectivity index (χ4n) is 2.20. The minimum atomic E-state index is 0.669. The van der Waals surface area contributed by atoms with Crippen molar-refractivity contribution in [1.29, 1.82) is 0 Å². The van der Waals surface area contributed by atoms with Crippen LogP contribution in [0.25, 0.3) is 0 Å². The number of piperidine rings is 1. The lowest BCUT2D eigenvalue weighted by Crippen LogP contribution is -2.39. The molecule has 0 aromatic heterocycles. The maximum atomic E-state index is 5.75. The maximum Gasteiger partial charge on any atom is 0.0621 e. The van der Waals surface area contributed by atoms with Crippen LogP contribution in [0.2, 0.25) is 0 Å². The quantitative estimate of drug-likeness (QED) is 0.642. The first-order chi connectivity index (χ1) is 7.84. The second-order valence-electron chi connectivity index (χ2n) is 4.77. The number of unbranched alkanes of at least 4 members (excludes halogenated alkanes) is 1. The van der Waals surface area contributed by atoms with E-state index < -0.39 is 0 Å². The molecule has 0 aliphatic carbocycles. The minimum absolute atomic E-state index is 0.669. The van der Waals surface area contributed by atoms with Crippen LogP contribution in [0, 0.1) is 0 Å². The lowest BCUT2D eigenvalue weighted by Gasteiger charge is -2.32. The first kappa shape index (κ1) is 13.9. The molecule has 0 aromatic carbocycles. The zero-order chi connectivity index (χ0) is 11.6. The fraction of sp³-hybridized carbons (Fsp3) is 1.00. The molecule has 16 heavy (non-hydrogen) atoms. The van der Waals surface area contributed by atoms with Crippen LogP contribution in [0.5, 0.6) is 0 Å². The van der Waals surface area contributed by atoms with Gasteiger partial charge in [0, 0.05) is 12.6 Å². The van der Waals surface area contributed by atoms with E-state index in [9.17, 15) is 0 Å². The number of ether oxygens (including phenoxy) is 1. The monoisotopic (exact) mass is 228 g/mol. The summed E-state index contributed by atoms with van der Waals surface area (Å²) in [5, 5.41) is 3.33. The molecule has 0 amide bonds. The molecule has 1 aliphatic rings. The summed E-state index contributed by atoms with van der Waals surface area (Å²) in [4.78, 5) is 2.45. The Morgan fingerprint density at radius 1 is 1.31 bits per heavy atom. The van der Waals surface area contributed by atoms with Crippen molar-refractivity contribution in [2.45, 2.75) is 45.1 Å². The van der Waals surface area contributed by atoms with Crippen molar-refractivity contribution in [1.82, 2.24) is 10.2 Å². The van der Waals surface area contributed by atoms with Crippen molar-refractivity contribution >= 4 is 0 Å². The lowest BCUT2D eigenvalue weighted by molar-refractivity contribution is 0.0514. The van der Waals surface area contributed by atoms with Gasteiger partial charge >= 0.3 is 0 Å². The van der Waals surface area contributed by atoms with Crippen molar-refractivity contribution in [2.24, 2.45) is 0 Å². The van der Waals surface area contributed by atoms with E-state index in [1.54, 1.807) is 0 Å². The van der Waals surface area contributed by atoms with Gasteiger partial charge in [0.15, 0.2) is 0 Å². The summed E-state index contributed by atoms with van der Waals surface area (Å²) in [6.07, 6.45) is 6.46. The Balaban J connectivity index is 1.90. The van der Waals surface area contributed by atoms with Crippen LogP contribution in [0.15, 0.2) is 0 Å². The van der Waals surface area contributed by atoms with Gasteiger partial charge < -0.3 is 15.0 Å². The molecule has 1 rings (SSSR count). The first-order valence-corrected chi connectivity index (χ1v) is 6.83. The van der Waals surface area contributed by atoms with E-state index in [-0.39, 0.29) is 0 Å². The molecule has 1 unspecified atom stereocenters. The zero-order valence-corrected chi connectivity index (χ0v) is 11.0. The summed E-state index contributed by atoms with van der Waals surface area (Å²) in [5.41, 5.74) is 0. The van der Waals surface area contributed by atoms with Gasteiger partial charge in [0.2, 0.25) is 0 Å². The lowest BCUT2D eigenvalue weighted by atomic mass is 10.0. The molecule has 1 N–H and O–H groups in total. The molecule has 1 atom stereocenters. The third-order valence-electron chi connectivity index (χ3n) is 3.37. The van der Waals surface area contributed by atoms with Gasteiger partial charge in [0.25, 0.3) is 0 Å². The molecule has 0 bridgehead atoms. The molecule has 3 heteroatoms. The molecule has 0 radical (unpaired) electrons. The van der Waals surface area contributed by atoms with Gasteiger partial charge in [0.1, 0.15) is 0 Å². The molecule has 0 aromatic rings. The third kappa shape index (κ3) is 5.83. The average molecular weight is 228 g/mol. The molecular formula is C13H28N2O. The number of nitrogens with one attached hydrogen (secondary N) is 1. The summed E-state index contributed by atoms with van der Waals surface area (Å²) in [5.74, 6) is 0. The van der Waals surface area contributed by atoms with Crippen LogP contribution in [0.3, 0.4) is 0 Å². The summed E-state index contributed by atoms with van der Waals surface area (Å²) >= 11 is 0. The van der Waals surface area contributed by atoms with Crippen molar-refractivity contribution in [3.05, 3.63) is 0 Å². The second kappa shape index (κ2) is 8.97. The highest BCUT2D eigenvalue weighted by Gasteiger charge is 2.18. The van der Waals surface area contributed by atoms with E-state index in [4.69, 9.17) is 4.74 Å². The van der Waals surface area contributed by atoms with Gasteiger partial charge in [-0.25, -0.2) is 0 Å². The molecule has 3 nitrogen and oxygen atoms in total. The van der Waals surface area contributed by atoms with Crippen molar-refractivity contribution in [3.8, 4) is 0 Å². The number of likely N-dealkylation sites (tertiary alicyclic amines) is 1. The van der Waals surface area contributed by atoms with Gasteiger partial charge in [-0.2, -0.15) is 0 Å². The predicted molar refractivity (Wildman–Crippen MR) is 68.9 cm³/mol. The smallest absolute Gasteiger partial charge is 0.0621 e. The van der Waals surface area contributed by atoms with E-state index in [0.29, 0.717) is 6.04 Å². The predicted octanol–water partition coefficient (Wildman–Crippen LogP) is 1.88. The van der Waals surface area contributed by atoms with E-state index in [1.165, 1.54) is 38.6 Å². The molecule has 1 aliphatic heterocycles. The minimum Gasteiger partial charge on any atom is -0.380 e. The van der Waals surface area contributed by atoms with Crippen LogP contribution in [0.4, 0.5) is 0 Å². The summed E-state index contributed by atoms with van der Waals surface area (Å²) in [7, 11) is 2.22. The number of rotatable bonds is 8. The Hall–Kier alpha value is -0.120. The number of likely N-dealkylation sites (N-methyl/N-ethyl adjacent to an activating group) is 1. The molecule has 0 spiro atoms. The van der Waals surface area contributed by atoms with Crippen LogP contribution < -0.4 is 5.32 Å². The molecule has 96 valence electrons. The SMILES string of the molecule is CCNCCCCOCC1CCCCN1C. The number of hydrogen-bond acceptors (Lipinski definition) is 3. The molecule has 1 heterocycles. The maximum absolute atomic E-state index is 5.75. The number of nitrogens with zero attached hydrogens (tertiary/aromatic N) is 1. The number of hydrogen-bond donors (Lipinski definition) is 1. The largest absolute Gasteiger partial charge is 0.380 e. The summed E-state index contributed by atoms with van der Waals surface area (Å²) < 4.78 is 5.75. The van der Waals surface area contributed by atoms with Gasteiger partial charge in [-0.1, -0.05) is 13.3 Å². The standard InChI is InChI=1S/C13H28N2O/c1-3-14-9-5-7-11-16-12-13-8-4-6-10-15(13)2/h13-14H,3-12H2,1-2H3.